The molecule has 2 atom stereocenters. The van der Waals surface area contributed by atoms with Gasteiger partial charge in [0, 0.05) is 0 Å². The SMILES string of the molecule is Cc1ccc([C@@H](C)NC(=O)[C@H](C)N(c2ccc(Oc3ccccc3)cc2)S(C)(=O)=O)cc1. The van der Waals surface area contributed by atoms with E-state index < -0.39 is 16.1 Å². The summed E-state index contributed by atoms with van der Waals surface area (Å²) in [6, 6.07) is 22.6. The first-order chi connectivity index (χ1) is 15.1. The van der Waals surface area contributed by atoms with Crippen molar-refractivity contribution in [3.63, 3.8) is 0 Å². The Balaban J connectivity index is 1.76. The molecule has 3 rings (SSSR count). The van der Waals surface area contributed by atoms with Crippen LogP contribution in [-0.2, 0) is 14.8 Å². The van der Waals surface area contributed by atoms with Crippen LogP contribution in [-0.4, -0.2) is 26.6 Å². The van der Waals surface area contributed by atoms with Gasteiger partial charge in [-0.2, -0.15) is 0 Å². The van der Waals surface area contributed by atoms with Gasteiger partial charge in [0.15, 0.2) is 0 Å². The van der Waals surface area contributed by atoms with Crippen molar-refractivity contribution in [3.05, 3.63) is 90.0 Å². The number of sulfonamides is 1. The van der Waals surface area contributed by atoms with Crippen molar-refractivity contribution >= 4 is 21.6 Å². The number of hydrogen-bond acceptors (Lipinski definition) is 4. The Labute approximate surface area is 189 Å². The van der Waals surface area contributed by atoms with Gasteiger partial charge in [0.25, 0.3) is 0 Å². The fraction of sp³-hybridized carbons (Fsp3) is 0.240. The van der Waals surface area contributed by atoms with E-state index in [-0.39, 0.29) is 11.9 Å². The molecule has 0 radical (unpaired) electrons. The molecular formula is C25H28N2O4S. The normalized spacial score (nSPS) is 13.1. The van der Waals surface area contributed by atoms with E-state index in [2.05, 4.69) is 5.32 Å². The number of benzene rings is 3. The molecule has 0 saturated heterocycles. The average Bonchev–Trinajstić information content (AvgIpc) is 2.75. The summed E-state index contributed by atoms with van der Waals surface area (Å²) >= 11 is 0. The lowest BCUT2D eigenvalue weighted by Gasteiger charge is -2.29. The summed E-state index contributed by atoms with van der Waals surface area (Å²) in [7, 11) is -3.71. The average molecular weight is 453 g/mol. The predicted octanol–water partition coefficient (Wildman–Crippen LogP) is 4.82. The Hall–Kier alpha value is -3.32. The monoisotopic (exact) mass is 452 g/mol. The van der Waals surface area contributed by atoms with Crippen LogP contribution in [0.1, 0.15) is 31.0 Å². The highest BCUT2D eigenvalue weighted by atomic mass is 32.2. The minimum Gasteiger partial charge on any atom is -0.457 e. The lowest BCUT2D eigenvalue weighted by Crippen LogP contribution is -2.48. The third-order valence-electron chi connectivity index (χ3n) is 5.09. The van der Waals surface area contributed by atoms with Crippen LogP contribution in [0, 0.1) is 6.92 Å². The van der Waals surface area contributed by atoms with E-state index in [1.807, 2.05) is 68.4 Å². The fourth-order valence-electron chi connectivity index (χ4n) is 3.37. The van der Waals surface area contributed by atoms with Crippen LogP contribution in [0.2, 0.25) is 0 Å². The van der Waals surface area contributed by atoms with Crippen molar-refractivity contribution in [2.45, 2.75) is 32.9 Å². The van der Waals surface area contributed by atoms with E-state index in [9.17, 15) is 13.2 Å². The third-order valence-corrected chi connectivity index (χ3v) is 6.34. The second-order valence-electron chi connectivity index (χ2n) is 7.78. The second kappa shape index (κ2) is 9.87. The zero-order valence-corrected chi connectivity index (χ0v) is 19.5. The van der Waals surface area contributed by atoms with Crippen LogP contribution >= 0.6 is 0 Å². The predicted molar refractivity (Wildman–Crippen MR) is 127 cm³/mol. The van der Waals surface area contributed by atoms with E-state index in [4.69, 9.17) is 4.74 Å². The Morgan fingerprint density at radius 2 is 1.44 bits per heavy atom. The van der Waals surface area contributed by atoms with Gasteiger partial charge in [-0.3, -0.25) is 9.10 Å². The summed E-state index contributed by atoms with van der Waals surface area (Å²) in [6.45, 7) is 5.44. The van der Waals surface area contributed by atoms with Gasteiger partial charge in [-0.15, -0.1) is 0 Å². The first-order valence-electron chi connectivity index (χ1n) is 10.3. The molecule has 0 fully saturated rings. The Bertz CT molecular complexity index is 1140. The van der Waals surface area contributed by atoms with Crippen LogP contribution < -0.4 is 14.4 Å². The van der Waals surface area contributed by atoms with Crippen molar-refractivity contribution in [1.82, 2.24) is 5.32 Å². The van der Waals surface area contributed by atoms with E-state index in [0.29, 0.717) is 17.2 Å². The molecule has 0 heterocycles. The lowest BCUT2D eigenvalue weighted by molar-refractivity contribution is -0.122. The number of carbonyl (C=O) groups is 1. The Kier molecular flexibility index (Phi) is 7.20. The number of para-hydroxylation sites is 1. The fourth-order valence-corrected chi connectivity index (χ4v) is 4.54. The van der Waals surface area contributed by atoms with Gasteiger partial charge in [-0.25, -0.2) is 8.42 Å². The molecule has 168 valence electrons. The molecule has 0 spiro atoms. The van der Waals surface area contributed by atoms with Crippen LogP contribution in [0.25, 0.3) is 0 Å². The molecule has 0 aromatic heterocycles. The molecule has 3 aromatic rings. The molecular weight excluding hydrogens is 424 g/mol. The molecule has 0 aliphatic heterocycles. The molecule has 0 aliphatic rings. The molecule has 1 amide bonds. The number of amides is 1. The van der Waals surface area contributed by atoms with Gasteiger partial charge in [-0.05, 0) is 62.7 Å². The maximum atomic E-state index is 12.9. The van der Waals surface area contributed by atoms with Crippen LogP contribution in [0.3, 0.4) is 0 Å². The summed E-state index contributed by atoms with van der Waals surface area (Å²) < 4.78 is 32.0. The number of carbonyl (C=O) groups excluding carboxylic acids is 1. The van der Waals surface area contributed by atoms with Crippen molar-refractivity contribution < 1.29 is 17.9 Å². The summed E-state index contributed by atoms with van der Waals surface area (Å²) in [5, 5.41) is 2.91. The zero-order chi connectivity index (χ0) is 23.3. The van der Waals surface area contributed by atoms with Gasteiger partial charge in [0.1, 0.15) is 17.5 Å². The number of nitrogens with zero attached hydrogens (tertiary/aromatic N) is 1. The van der Waals surface area contributed by atoms with Crippen molar-refractivity contribution in [2.24, 2.45) is 0 Å². The van der Waals surface area contributed by atoms with E-state index in [0.717, 1.165) is 21.7 Å². The van der Waals surface area contributed by atoms with E-state index in [1.165, 1.54) is 0 Å². The Morgan fingerprint density at radius 3 is 2.00 bits per heavy atom. The molecule has 1 N–H and O–H groups in total. The molecule has 32 heavy (non-hydrogen) atoms. The zero-order valence-electron chi connectivity index (χ0n) is 18.6. The number of ether oxygens (including phenoxy) is 1. The summed E-state index contributed by atoms with van der Waals surface area (Å²) in [4.78, 5) is 12.9. The molecule has 0 unspecified atom stereocenters. The lowest BCUT2D eigenvalue weighted by atomic mass is 10.1. The molecule has 7 heteroatoms. The number of rotatable bonds is 8. The molecule has 0 saturated carbocycles. The molecule has 0 bridgehead atoms. The maximum absolute atomic E-state index is 12.9. The minimum atomic E-state index is -3.71. The second-order valence-corrected chi connectivity index (χ2v) is 9.64. The quantitative estimate of drug-likeness (QED) is 0.532. The van der Waals surface area contributed by atoms with Gasteiger partial charge in [-0.1, -0.05) is 48.0 Å². The number of anilines is 1. The smallest absolute Gasteiger partial charge is 0.244 e. The number of aryl methyl sites for hydroxylation is 1. The third kappa shape index (κ3) is 5.88. The van der Waals surface area contributed by atoms with Crippen molar-refractivity contribution in [1.29, 1.82) is 0 Å². The van der Waals surface area contributed by atoms with E-state index in [1.54, 1.807) is 31.2 Å². The van der Waals surface area contributed by atoms with Crippen molar-refractivity contribution in [3.8, 4) is 11.5 Å². The van der Waals surface area contributed by atoms with Gasteiger partial charge >= 0.3 is 0 Å². The highest BCUT2D eigenvalue weighted by Gasteiger charge is 2.30. The molecule has 0 aliphatic carbocycles. The molecule has 3 aromatic carbocycles. The van der Waals surface area contributed by atoms with Gasteiger partial charge < -0.3 is 10.1 Å². The van der Waals surface area contributed by atoms with E-state index >= 15 is 0 Å². The highest BCUT2D eigenvalue weighted by Crippen LogP contribution is 2.27. The largest absolute Gasteiger partial charge is 0.457 e. The van der Waals surface area contributed by atoms with Crippen LogP contribution in [0.4, 0.5) is 5.69 Å². The standard InChI is InChI=1S/C25H28N2O4S/c1-18-10-12-21(13-11-18)19(2)26-25(28)20(3)27(32(4,29)30)22-14-16-24(17-15-22)31-23-8-6-5-7-9-23/h5-17,19-20H,1-4H3,(H,26,28)/t19-,20+/m1/s1. The van der Waals surface area contributed by atoms with Crippen LogP contribution in [0.5, 0.6) is 11.5 Å². The topological polar surface area (TPSA) is 75.7 Å². The minimum absolute atomic E-state index is 0.256. The molecule has 6 nitrogen and oxygen atoms in total. The number of nitrogens with one attached hydrogen (secondary N) is 1. The first-order valence-corrected chi connectivity index (χ1v) is 12.2. The first kappa shape index (κ1) is 23.3. The summed E-state index contributed by atoms with van der Waals surface area (Å²) in [6.07, 6.45) is 1.09. The summed E-state index contributed by atoms with van der Waals surface area (Å²) in [5.74, 6) is 0.865. The van der Waals surface area contributed by atoms with Crippen molar-refractivity contribution in [2.75, 3.05) is 10.6 Å². The number of hydrogen-bond donors (Lipinski definition) is 1. The van der Waals surface area contributed by atoms with Gasteiger partial charge in [0.05, 0.1) is 18.0 Å². The summed E-state index contributed by atoms with van der Waals surface area (Å²) in [5.41, 5.74) is 2.46. The highest BCUT2D eigenvalue weighted by molar-refractivity contribution is 7.92. The van der Waals surface area contributed by atoms with Crippen LogP contribution in [0.15, 0.2) is 78.9 Å². The van der Waals surface area contributed by atoms with Gasteiger partial charge in [0.2, 0.25) is 15.9 Å². The maximum Gasteiger partial charge on any atom is 0.244 e. The Morgan fingerprint density at radius 1 is 0.875 bits per heavy atom.